The van der Waals surface area contributed by atoms with Crippen LogP contribution >= 0.6 is 0 Å². The topological polar surface area (TPSA) is 66.8 Å². The number of para-hydroxylation sites is 1. The molecule has 0 aromatic heterocycles. The number of benzene rings is 1. The van der Waals surface area contributed by atoms with Crippen molar-refractivity contribution in [2.45, 2.75) is 19.4 Å². The molecule has 1 N–H and O–H groups in total. The van der Waals surface area contributed by atoms with E-state index in [9.17, 15) is 9.59 Å². The Morgan fingerprint density at radius 3 is 2.84 bits per heavy atom. The van der Waals surface area contributed by atoms with Crippen LogP contribution in [-0.4, -0.2) is 35.5 Å². The number of carbonyl (C=O) groups excluding carboxylic acids is 1. The average Bonchev–Trinajstić information content (AvgIpc) is 2.41. The fourth-order valence-corrected chi connectivity index (χ4v) is 2.30. The molecule has 1 saturated heterocycles. The number of likely N-dealkylation sites (tertiary alicyclic amines) is 1. The zero-order chi connectivity index (χ0) is 13.8. The third-order valence-electron chi connectivity index (χ3n) is 3.42. The number of carbonyl (C=O) groups is 2. The van der Waals surface area contributed by atoms with Gasteiger partial charge >= 0.3 is 5.97 Å². The summed E-state index contributed by atoms with van der Waals surface area (Å²) in [7, 11) is 1.59. The Hall–Kier alpha value is -2.04. The van der Waals surface area contributed by atoms with Gasteiger partial charge in [-0.1, -0.05) is 18.2 Å². The molecule has 1 aliphatic heterocycles. The minimum atomic E-state index is -0.884. The molecule has 0 radical (unpaired) electrons. The first-order valence-corrected chi connectivity index (χ1v) is 6.24. The molecular formula is C14H17NO4. The molecule has 1 aromatic carbocycles. The average molecular weight is 263 g/mol. The van der Waals surface area contributed by atoms with Crippen molar-refractivity contribution in [2.24, 2.45) is 5.92 Å². The molecule has 102 valence electrons. The molecule has 1 amide bonds. The second kappa shape index (κ2) is 5.73. The van der Waals surface area contributed by atoms with Gasteiger partial charge in [-0.05, 0) is 12.5 Å². The summed E-state index contributed by atoms with van der Waals surface area (Å²) < 4.78 is 5.25. The fourth-order valence-electron chi connectivity index (χ4n) is 2.30. The molecule has 5 heteroatoms. The van der Waals surface area contributed by atoms with Gasteiger partial charge in [-0.25, -0.2) is 0 Å². The zero-order valence-electron chi connectivity index (χ0n) is 10.8. The first-order valence-electron chi connectivity index (χ1n) is 6.24. The zero-order valence-corrected chi connectivity index (χ0v) is 10.8. The molecule has 2 rings (SSSR count). The Morgan fingerprint density at radius 2 is 2.21 bits per heavy atom. The number of carboxylic acid groups (broad SMARTS) is 1. The molecule has 0 aliphatic carbocycles. The first-order chi connectivity index (χ1) is 9.11. The lowest BCUT2D eigenvalue weighted by atomic mass is 9.96. The molecule has 1 aliphatic rings. The van der Waals surface area contributed by atoms with Crippen molar-refractivity contribution in [3.63, 3.8) is 0 Å². The van der Waals surface area contributed by atoms with Gasteiger partial charge in [0.05, 0.1) is 13.0 Å². The van der Waals surface area contributed by atoms with Gasteiger partial charge < -0.3 is 14.7 Å². The maximum absolute atomic E-state index is 11.9. The van der Waals surface area contributed by atoms with Crippen LogP contribution in [0.15, 0.2) is 24.3 Å². The van der Waals surface area contributed by atoms with Gasteiger partial charge in [-0.3, -0.25) is 9.59 Å². The molecular weight excluding hydrogens is 246 g/mol. The van der Waals surface area contributed by atoms with E-state index < -0.39 is 11.9 Å². The molecule has 19 heavy (non-hydrogen) atoms. The Bertz CT molecular complexity index is 486. The molecule has 5 nitrogen and oxygen atoms in total. The molecule has 1 atom stereocenters. The van der Waals surface area contributed by atoms with Crippen LogP contribution in [0.5, 0.6) is 5.75 Å². The minimum Gasteiger partial charge on any atom is -0.496 e. The summed E-state index contributed by atoms with van der Waals surface area (Å²) in [5, 5.41) is 8.92. The largest absolute Gasteiger partial charge is 0.496 e. The third kappa shape index (κ3) is 3.05. The Labute approximate surface area is 111 Å². The van der Waals surface area contributed by atoms with E-state index in [2.05, 4.69) is 0 Å². The highest BCUT2D eigenvalue weighted by molar-refractivity contribution is 5.83. The molecule has 1 aromatic rings. The van der Waals surface area contributed by atoms with Gasteiger partial charge in [0, 0.05) is 25.1 Å². The lowest BCUT2D eigenvalue weighted by Crippen LogP contribution is -2.40. The van der Waals surface area contributed by atoms with E-state index in [1.54, 1.807) is 12.0 Å². The number of piperidine rings is 1. The smallest absolute Gasteiger partial charge is 0.307 e. The summed E-state index contributed by atoms with van der Waals surface area (Å²) >= 11 is 0. The summed E-state index contributed by atoms with van der Waals surface area (Å²) in [6, 6.07) is 7.53. The maximum Gasteiger partial charge on any atom is 0.307 e. The molecule has 0 bridgehead atoms. The van der Waals surface area contributed by atoms with Gasteiger partial charge in [-0.2, -0.15) is 0 Å². The summed E-state index contributed by atoms with van der Waals surface area (Å²) in [4.78, 5) is 24.5. The van der Waals surface area contributed by atoms with Crippen LogP contribution in [0.25, 0.3) is 0 Å². The second-order valence-electron chi connectivity index (χ2n) is 4.66. The monoisotopic (exact) mass is 263 g/mol. The number of hydrogen-bond acceptors (Lipinski definition) is 3. The molecule has 0 spiro atoms. The van der Waals surface area contributed by atoms with Crippen molar-refractivity contribution < 1.29 is 19.4 Å². The fraction of sp³-hybridized carbons (Fsp3) is 0.429. The van der Waals surface area contributed by atoms with Crippen LogP contribution < -0.4 is 4.74 Å². The van der Waals surface area contributed by atoms with E-state index in [1.807, 2.05) is 24.3 Å². The van der Waals surface area contributed by atoms with Crippen molar-refractivity contribution in [3.8, 4) is 5.75 Å². The van der Waals surface area contributed by atoms with Crippen LogP contribution in [0.3, 0.4) is 0 Å². The molecule has 0 saturated carbocycles. The number of hydrogen-bond donors (Lipinski definition) is 1. The normalized spacial score (nSPS) is 19.3. The number of rotatable bonds is 4. The van der Waals surface area contributed by atoms with E-state index in [0.29, 0.717) is 19.5 Å². The van der Waals surface area contributed by atoms with Crippen LogP contribution in [0.1, 0.15) is 18.4 Å². The molecule has 1 fully saturated rings. The van der Waals surface area contributed by atoms with Gasteiger partial charge in [0.15, 0.2) is 0 Å². The standard InChI is InChI=1S/C14H17NO4/c1-19-12-5-3-2-4-11(12)9-15-7-6-10(14(17)18)8-13(15)16/h2-5,10H,6-9H2,1H3,(H,17,18). The number of carboxylic acids is 1. The van der Waals surface area contributed by atoms with Crippen molar-refractivity contribution in [3.05, 3.63) is 29.8 Å². The van der Waals surface area contributed by atoms with E-state index in [-0.39, 0.29) is 12.3 Å². The van der Waals surface area contributed by atoms with E-state index in [0.717, 1.165) is 11.3 Å². The van der Waals surface area contributed by atoms with E-state index in [1.165, 1.54) is 0 Å². The third-order valence-corrected chi connectivity index (χ3v) is 3.42. The van der Waals surface area contributed by atoms with Crippen molar-refractivity contribution in [2.75, 3.05) is 13.7 Å². The number of ether oxygens (including phenoxy) is 1. The first kappa shape index (κ1) is 13.4. The highest BCUT2D eigenvalue weighted by Gasteiger charge is 2.30. The summed E-state index contributed by atoms with van der Waals surface area (Å²) in [6.07, 6.45) is 0.598. The van der Waals surface area contributed by atoms with E-state index in [4.69, 9.17) is 9.84 Å². The second-order valence-corrected chi connectivity index (χ2v) is 4.66. The number of nitrogens with zero attached hydrogens (tertiary/aromatic N) is 1. The molecule has 1 unspecified atom stereocenters. The minimum absolute atomic E-state index is 0.0878. The van der Waals surface area contributed by atoms with Crippen molar-refractivity contribution >= 4 is 11.9 Å². The highest BCUT2D eigenvalue weighted by Crippen LogP contribution is 2.24. The lowest BCUT2D eigenvalue weighted by Gasteiger charge is -2.30. The van der Waals surface area contributed by atoms with Gasteiger partial charge in [0.25, 0.3) is 0 Å². The van der Waals surface area contributed by atoms with Gasteiger partial charge in [-0.15, -0.1) is 0 Å². The summed E-state index contributed by atoms with van der Waals surface area (Å²) in [6.45, 7) is 0.947. The SMILES string of the molecule is COc1ccccc1CN1CCC(C(=O)O)CC1=O. The Kier molecular flexibility index (Phi) is 4.04. The van der Waals surface area contributed by atoms with Gasteiger partial charge in [0.2, 0.25) is 5.91 Å². The van der Waals surface area contributed by atoms with Crippen molar-refractivity contribution in [1.82, 2.24) is 4.90 Å². The number of amides is 1. The lowest BCUT2D eigenvalue weighted by molar-refractivity contribution is -0.149. The van der Waals surface area contributed by atoms with Crippen LogP contribution in [0.2, 0.25) is 0 Å². The van der Waals surface area contributed by atoms with Crippen LogP contribution in [-0.2, 0) is 16.1 Å². The quantitative estimate of drug-likeness (QED) is 0.894. The van der Waals surface area contributed by atoms with Gasteiger partial charge in [0.1, 0.15) is 5.75 Å². The number of methoxy groups -OCH3 is 1. The Balaban J connectivity index is 2.04. The highest BCUT2D eigenvalue weighted by atomic mass is 16.5. The maximum atomic E-state index is 11.9. The molecule has 1 heterocycles. The summed E-state index contributed by atoms with van der Waals surface area (Å²) in [5.74, 6) is -0.785. The predicted molar refractivity (Wildman–Crippen MR) is 68.8 cm³/mol. The van der Waals surface area contributed by atoms with Crippen LogP contribution in [0, 0.1) is 5.92 Å². The Morgan fingerprint density at radius 1 is 1.47 bits per heavy atom. The van der Waals surface area contributed by atoms with E-state index >= 15 is 0 Å². The van der Waals surface area contributed by atoms with Crippen molar-refractivity contribution in [1.29, 1.82) is 0 Å². The van der Waals surface area contributed by atoms with Crippen LogP contribution in [0.4, 0.5) is 0 Å². The predicted octanol–water partition coefficient (Wildman–Crippen LogP) is 1.52. The summed E-state index contributed by atoms with van der Waals surface area (Å²) in [5.41, 5.74) is 0.937. The number of aliphatic carboxylic acids is 1.